The quantitative estimate of drug-likeness (QED) is 0.141. The fourth-order valence-electron chi connectivity index (χ4n) is 6.07. The molecular weight excluding hydrogens is 636 g/mol. The van der Waals surface area contributed by atoms with Gasteiger partial charge in [-0.05, 0) is 101 Å². The van der Waals surface area contributed by atoms with Crippen molar-refractivity contribution in [3.05, 3.63) is 99.9 Å². The van der Waals surface area contributed by atoms with Crippen LogP contribution < -0.4 is 10.3 Å². The van der Waals surface area contributed by atoms with Gasteiger partial charge in [-0.3, -0.25) is 14.2 Å². The summed E-state index contributed by atoms with van der Waals surface area (Å²) in [4.78, 5) is 36.9. The van der Waals surface area contributed by atoms with E-state index >= 15 is 0 Å². The van der Waals surface area contributed by atoms with Crippen molar-refractivity contribution in [2.24, 2.45) is 0 Å². The molecule has 4 aromatic rings. The molecule has 0 radical (unpaired) electrons. The number of benzene rings is 3. The van der Waals surface area contributed by atoms with Gasteiger partial charge in [0.15, 0.2) is 0 Å². The van der Waals surface area contributed by atoms with E-state index in [1.54, 1.807) is 60.4 Å². The first kappa shape index (κ1) is 37.6. The van der Waals surface area contributed by atoms with Crippen molar-refractivity contribution >= 4 is 16.8 Å². The van der Waals surface area contributed by atoms with E-state index in [4.69, 9.17) is 9.72 Å². The standard InChI is InChI=1S/C36H40F4N4O3.C2H6/c1-5-47-28-16-14-27(15-17-28)44-34(41-32-12-7-6-11-29(32)35(44)46)24(3)43(20-19-23(2)42(4)26-9-8-10-26)33(45)22-25-13-18-31(37)30(21-25)36(38,39)40;1-2/h6-7,11-18,21,23-24,26H,5,8-10,19-20,22H2,1-4H3;1-2H3. The van der Waals surface area contributed by atoms with Crippen LogP contribution in [0, 0.1) is 5.82 Å². The molecule has 2 unspecified atom stereocenters. The third kappa shape index (κ3) is 8.68. The Hall–Kier alpha value is -4.25. The minimum absolute atomic E-state index is 0.0379. The molecule has 1 fully saturated rings. The Labute approximate surface area is 285 Å². The summed E-state index contributed by atoms with van der Waals surface area (Å²) in [7, 11) is 2.07. The smallest absolute Gasteiger partial charge is 0.419 e. The first-order chi connectivity index (χ1) is 23.4. The van der Waals surface area contributed by atoms with Crippen molar-refractivity contribution in [3.63, 3.8) is 0 Å². The van der Waals surface area contributed by atoms with Gasteiger partial charge in [0.05, 0.1) is 41.2 Å². The molecule has 1 aliphatic rings. The van der Waals surface area contributed by atoms with Crippen LogP contribution in [-0.2, 0) is 17.4 Å². The predicted molar refractivity (Wildman–Crippen MR) is 185 cm³/mol. The maximum atomic E-state index is 14.1. The van der Waals surface area contributed by atoms with Gasteiger partial charge in [0.2, 0.25) is 5.91 Å². The van der Waals surface area contributed by atoms with Crippen LogP contribution in [-0.4, -0.2) is 57.5 Å². The largest absolute Gasteiger partial charge is 0.494 e. The molecule has 49 heavy (non-hydrogen) atoms. The van der Waals surface area contributed by atoms with Gasteiger partial charge in [0.25, 0.3) is 5.56 Å². The fourth-order valence-corrected chi connectivity index (χ4v) is 6.07. The average Bonchev–Trinajstić information content (AvgIpc) is 3.05. The second kappa shape index (κ2) is 16.4. The summed E-state index contributed by atoms with van der Waals surface area (Å²) in [5.74, 6) is -0.921. The van der Waals surface area contributed by atoms with E-state index in [1.165, 1.54) is 17.1 Å². The molecule has 2 atom stereocenters. The molecule has 1 aromatic heterocycles. The van der Waals surface area contributed by atoms with E-state index in [9.17, 15) is 27.2 Å². The molecule has 1 aliphatic carbocycles. The molecule has 0 N–H and O–H groups in total. The minimum Gasteiger partial charge on any atom is -0.494 e. The third-order valence-electron chi connectivity index (χ3n) is 9.19. The molecule has 7 nitrogen and oxygen atoms in total. The van der Waals surface area contributed by atoms with Crippen LogP contribution in [0.25, 0.3) is 16.6 Å². The van der Waals surface area contributed by atoms with Crippen LogP contribution in [0.15, 0.2) is 71.5 Å². The van der Waals surface area contributed by atoms with Gasteiger partial charge < -0.3 is 14.5 Å². The molecule has 1 heterocycles. The zero-order chi connectivity index (χ0) is 35.9. The highest BCUT2D eigenvalue weighted by Crippen LogP contribution is 2.33. The van der Waals surface area contributed by atoms with Crippen LogP contribution in [0.3, 0.4) is 0 Å². The molecule has 1 saturated carbocycles. The zero-order valence-corrected chi connectivity index (χ0v) is 29.1. The lowest BCUT2D eigenvalue weighted by Gasteiger charge is -2.40. The highest BCUT2D eigenvalue weighted by molar-refractivity contribution is 5.80. The van der Waals surface area contributed by atoms with Crippen molar-refractivity contribution in [1.29, 1.82) is 0 Å². The first-order valence-electron chi connectivity index (χ1n) is 17.0. The lowest BCUT2D eigenvalue weighted by molar-refractivity contribution is -0.140. The van der Waals surface area contributed by atoms with Crippen molar-refractivity contribution in [1.82, 2.24) is 19.4 Å². The van der Waals surface area contributed by atoms with Crippen LogP contribution in [0.2, 0.25) is 0 Å². The number of rotatable bonds is 12. The number of ether oxygens (including phenoxy) is 1. The highest BCUT2D eigenvalue weighted by Gasteiger charge is 2.35. The average molecular weight is 683 g/mol. The second-order valence-corrected chi connectivity index (χ2v) is 12.2. The van der Waals surface area contributed by atoms with Crippen LogP contribution in [0.5, 0.6) is 5.75 Å². The Bertz CT molecular complexity index is 1770. The number of carbonyl (C=O) groups is 1. The molecule has 0 spiro atoms. The number of nitrogens with zero attached hydrogens (tertiary/aromatic N) is 4. The number of carbonyl (C=O) groups excluding carboxylic acids is 1. The topological polar surface area (TPSA) is 67.7 Å². The van der Waals surface area contributed by atoms with Gasteiger partial charge in [-0.1, -0.05) is 38.5 Å². The second-order valence-electron chi connectivity index (χ2n) is 12.2. The number of aromatic nitrogens is 2. The summed E-state index contributed by atoms with van der Waals surface area (Å²) in [6.07, 6.45) is -1.30. The van der Waals surface area contributed by atoms with Gasteiger partial charge in [0.1, 0.15) is 17.4 Å². The van der Waals surface area contributed by atoms with E-state index < -0.39 is 29.5 Å². The van der Waals surface area contributed by atoms with Crippen molar-refractivity contribution in [3.8, 4) is 11.4 Å². The highest BCUT2D eigenvalue weighted by atomic mass is 19.4. The van der Waals surface area contributed by atoms with Gasteiger partial charge in [-0.2, -0.15) is 13.2 Å². The third-order valence-corrected chi connectivity index (χ3v) is 9.19. The Morgan fingerprint density at radius 3 is 2.33 bits per heavy atom. The maximum Gasteiger partial charge on any atom is 0.419 e. The number of hydrogen-bond acceptors (Lipinski definition) is 5. The van der Waals surface area contributed by atoms with Crippen molar-refractivity contribution < 1.29 is 27.1 Å². The summed E-state index contributed by atoms with van der Waals surface area (Å²) in [5.41, 5.74) is -0.715. The summed E-state index contributed by atoms with van der Waals surface area (Å²) < 4.78 is 61.7. The number of alkyl halides is 3. The number of hydrogen-bond donors (Lipinski definition) is 0. The minimum atomic E-state index is -4.90. The molecule has 0 bridgehead atoms. The van der Waals surface area contributed by atoms with Crippen LogP contribution in [0.1, 0.15) is 83.3 Å². The normalized spacial score (nSPS) is 14.5. The summed E-state index contributed by atoms with van der Waals surface area (Å²) in [6, 6.07) is 16.4. The lowest BCUT2D eigenvalue weighted by Crippen LogP contribution is -2.45. The van der Waals surface area contributed by atoms with E-state index in [0.29, 0.717) is 53.3 Å². The molecule has 11 heteroatoms. The van der Waals surface area contributed by atoms with E-state index in [-0.39, 0.29) is 30.1 Å². The summed E-state index contributed by atoms with van der Waals surface area (Å²) >= 11 is 0. The number of amides is 1. The van der Waals surface area contributed by atoms with Gasteiger partial charge in [-0.25, -0.2) is 9.37 Å². The SMILES string of the molecule is CC.CCOc1ccc(-n2c(C(C)N(CCC(C)N(C)C3CCC3)C(=O)Cc3ccc(F)c(C(F)(F)F)c3)nc3ccccc3c2=O)cc1. The Morgan fingerprint density at radius 2 is 1.71 bits per heavy atom. The fraction of sp³-hybridized carbons (Fsp3) is 0.447. The van der Waals surface area contributed by atoms with Gasteiger partial charge >= 0.3 is 6.18 Å². The predicted octanol–water partition coefficient (Wildman–Crippen LogP) is 8.36. The van der Waals surface area contributed by atoms with Gasteiger partial charge in [-0.15, -0.1) is 0 Å². The molecule has 1 amide bonds. The van der Waals surface area contributed by atoms with E-state index in [2.05, 4.69) is 18.9 Å². The molecule has 264 valence electrons. The summed E-state index contributed by atoms with van der Waals surface area (Å²) in [5, 5.41) is 0.400. The van der Waals surface area contributed by atoms with E-state index in [1.807, 2.05) is 20.8 Å². The van der Waals surface area contributed by atoms with Crippen molar-refractivity contribution in [2.75, 3.05) is 20.2 Å². The van der Waals surface area contributed by atoms with Crippen molar-refractivity contribution in [2.45, 2.75) is 91.0 Å². The van der Waals surface area contributed by atoms with E-state index in [0.717, 1.165) is 18.9 Å². The lowest BCUT2D eigenvalue weighted by atomic mass is 9.90. The monoisotopic (exact) mass is 682 g/mol. The Kier molecular flexibility index (Phi) is 12.6. The maximum absolute atomic E-state index is 14.1. The molecule has 0 aliphatic heterocycles. The number of para-hydroxylation sites is 1. The first-order valence-corrected chi connectivity index (χ1v) is 17.0. The molecule has 5 rings (SSSR count). The molecule has 0 saturated heterocycles. The Balaban J connectivity index is 0.00000265. The number of fused-ring (bicyclic) bond motifs is 1. The van der Waals surface area contributed by atoms with Crippen LogP contribution >= 0.6 is 0 Å². The van der Waals surface area contributed by atoms with Gasteiger partial charge in [0, 0.05) is 18.6 Å². The zero-order valence-electron chi connectivity index (χ0n) is 29.1. The molecule has 3 aromatic carbocycles. The number of halogens is 4. The van der Waals surface area contributed by atoms with Crippen LogP contribution in [0.4, 0.5) is 17.6 Å². The molecular formula is C38H46F4N4O3. The Morgan fingerprint density at radius 1 is 1.04 bits per heavy atom. The summed E-state index contributed by atoms with van der Waals surface area (Å²) in [6.45, 7) is 10.5.